The molecule has 0 saturated carbocycles. The van der Waals surface area contributed by atoms with E-state index in [1.165, 1.54) is 0 Å². The molecule has 0 aromatic carbocycles. The van der Waals surface area contributed by atoms with E-state index < -0.39 is 0 Å². The minimum Gasteiger partial charge on any atom is -0.335 e. The van der Waals surface area contributed by atoms with Crippen molar-refractivity contribution in [3.63, 3.8) is 0 Å². The lowest BCUT2D eigenvalue weighted by molar-refractivity contribution is 0.376. The van der Waals surface area contributed by atoms with E-state index >= 15 is 0 Å². The van der Waals surface area contributed by atoms with Crippen LogP contribution in [0.3, 0.4) is 0 Å². The average molecular weight is 313 g/mol. The highest BCUT2D eigenvalue weighted by Crippen LogP contribution is 2.24. The van der Waals surface area contributed by atoms with Gasteiger partial charge in [-0.25, -0.2) is 9.67 Å². The zero-order valence-corrected chi connectivity index (χ0v) is 14.1. The number of nitrogens with zero attached hydrogens (tertiary/aromatic N) is 6. The molecule has 3 heterocycles. The molecule has 7 nitrogen and oxygen atoms in total. The number of imidazole rings is 1. The summed E-state index contributed by atoms with van der Waals surface area (Å²) in [5.74, 6) is 0. The second-order valence-corrected chi connectivity index (χ2v) is 6.82. The van der Waals surface area contributed by atoms with E-state index in [1.807, 2.05) is 29.5 Å². The Morgan fingerprint density at radius 3 is 2.70 bits per heavy atom. The van der Waals surface area contributed by atoms with Crippen molar-refractivity contribution < 1.29 is 0 Å². The first-order valence-electron chi connectivity index (χ1n) is 7.91. The summed E-state index contributed by atoms with van der Waals surface area (Å²) in [7, 11) is 0. The van der Waals surface area contributed by atoms with Gasteiger partial charge in [0.15, 0.2) is 0 Å². The minimum atomic E-state index is 0.0363. The molecule has 0 aliphatic rings. The van der Waals surface area contributed by atoms with Gasteiger partial charge in [-0.1, -0.05) is 32.9 Å². The van der Waals surface area contributed by atoms with Crippen molar-refractivity contribution in [1.82, 2.24) is 34.7 Å². The van der Waals surface area contributed by atoms with Gasteiger partial charge >= 0.3 is 0 Å². The lowest BCUT2D eigenvalue weighted by Gasteiger charge is -2.15. The summed E-state index contributed by atoms with van der Waals surface area (Å²) in [6, 6.07) is 2.29. The van der Waals surface area contributed by atoms with Crippen LogP contribution in [-0.4, -0.2) is 34.7 Å². The first-order valence-corrected chi connectivity index (χ1v) is 7.91. The molecule has 0 aliphatic carbocycles. The van der Waals surface area contributed by atoms with E-state index in [4.69, 9.17) is 0 Å². The topological polar surface area (TPSA) is 77.2 Å². The first-order chi connectivity index (χ1) is 11.0. The van der Waals surface area contributed by atoms with Crippen molar-refractivity contribution in [3.8, 4) is 11.4 Å². The predicted octanol–water partition coefficient (Wildman–Crippen LogP) is 2.81. The smallest absolute Gasteiger partial charge is 0.133 e. The second kappa shape index (κ2) is 5.98. The molecule has 0 amide bonds. The van der Waals surface area contributed by atoms with Gasteiger partial charge in [0.25, 0.3) is 0 Å². The van der Waals surface area contributed by atoms with Crippen LogP contribution in [0.1, 0.15) is 45.9 Å². The van der Waals surface area contributed by atoms with Crippen LogP contribution in [-0.2, 0) is 12.0 Å². The Labute approximate surface area is 135 Å². The normalized spacial score (nSPS) is 13.4. The molecule has 122 valence electrons. The zero-order valence-electron chi connectivity index (χ0n) is 14.1. The van der Waals surface area contributed by atoms with Gasteiger partial charge in [0, 0.05) is 30.0 Å². The summed E-state index contributed by atoms with van der Waals surface area (Å²) in [6.45, 7) is 9.43. The van der Waals surface area contributed by atoms with Gasteiger partial charge in [-0.15, -0.1) is 5.10 Å². The molecule has 7 heteroatoms. The Morgan fingerprint density at radius 2 is 2.09 bits per heavy atom. The number of rotatable bonds is 5. The molecular weight excluding hydrogens is 290 g/mol. The third kappa shape index (κ3) is 3.33. The third-order valence-electron chi connectivity index (χ3n) is 3.98. The van der Waals surface area contributed by atoms with E-state index in [1.54, 1.807) is 6.20 Å². The van der Waals surface area contributed by atoms with Gasteiger partial charge in [0.05, 0.1) is 18.6 Å². The molecular formula is C16H23N7. The lowest BCUT2D eigenvalue weighted by atomic mass is 9.92. The maximum Gasteiger partial charge on any atom is 0.133 e. The van der Waals surface area contributed by atoms with Crippen LogP contribution in [0.25, 0.3) is 11.4 Å². The highest BCUT2D eigenvalue weighted by Gasteiger charge is 2.19. The van der Waals surface area contributed by atoms with Crippen molar-refractivity contribution in [2.45, 2.75) is 52.1 Å². The Balaban J connectivity index is 1.80. The lowest BCUT2D eigenvalue weighted by Crippen LogP contribution is -2.15. The second-order valence-electron chi connectivity index (χ2n) is 6.82. The fourth-order valence-electron chi connectivity index (χ4n) is 2.45. The van der Waals surface area contributed by atoms with Crippen LogP contribution >= 0.6 is 0 Å². The average Bonchev–Trinajstić information content (AvgIpc) is 3.22. The van der Waals surface area contributed by atoms with Gasteiger partial charge in [-0.2, -0.15) is 5.10 Å². The zero-order chi connectivity index (χ0) is 16.4. The molecule has 3 aromatic heterocycles. The van der Waals surface area contributed by atoms with E-state index in [9.17, 15) is 0 Å². The van der Waals surface area contributed by atoms with Gasteiger partial charge in [-0.05, 0) is 12.5 Å². The van der Waals surface area contributed by atoms with E-state index in [2.05, 4.69) is 57.8 Å². The van der Waals surface area contributed by atoms with E-state index in [0.717, 1.165) is 30.0 Å². The molecule has 0 aliphatic heterocycles. The number of aromatic amines is 1. The van der Waals surface area contributed by atoms with Crippen LogP contribution < -0.4 is 0 Å². The van der Waals surface area contributed by atoms with Crippen molar-refractivity contribution in [2.24, 2.45) is 0 Å². The minimum absolute atomic E-state index is 0.0363. The quantitative estimate of drug-likeness (QED) is 0.785. The third-order valence-corrected chi connectivity index (χ3v) is 3.98. The van der Waals surface area contributed by atoms with Crippen LogP contribution in [0.2, 0.25) is 0 Å². The summed E-state index contributed by atoms with van der Waals surface area (Å²) >= 11 is 0. The number of hydrogen-bond donors (Lipinski definition) is 1. The van der Waals surface area contributed by atoms with Crippen LogP contribution in [0.5, 0.6) is 0 Å². The van der Waals surface area contributed by atoms with Crippen LogP contribution in [0.4, 0.5) is 0 Å². The monoisotopic (exact) mass is 313 g/mol. The SMILES string of the molecule is CCC(Cn1ccnc1)n1cc(-c2cc(C(C)(C)C)[nH]n2)nn1. The van der Waals surface area contributed by atoms with Gasteiger partial charge in [0.1, 0.15) is 11.4 Å². The highest BCUT2D eigenvalue weighted by molar-refractivity contribution is 5.53. The molecule has 0 saturated heterocycles. The molecule has 3 aromatic rings. The number of H-pyrrole nitrogens is 1. The number of nitrogens with one attached hydrogen (secondary N) is 1. The summed E-state index contributed by atoms with van der Waals surface area (Å²) in [4.78, 5) is 4.09. The largest absolute Gasteiger partial charge is 0.335 e. The van der Waals surface area contributed by atoms with Crippen molar-refractivity contribution >= 4 is 0 Å². The van der Waals surface area contributed by atoms with Crippen molar-refractivity contribution in [3.05, 3.63) is 36.7 Å². The fraction of sp³-hybridized carbons (Fsp3) is 0.500. The molecule has 1 N–H and O–H groups in total. The Hall–Kier alpha value is -2.44. The Bertz CT molecular complexity index is 746. The Morgan fingerprint density at radius 1 is 1.26 bits per heavy atom. The predicted molar refractivity (Wildman–Crippen MR) is 87.9 cm³/mol. The van der Waals surface area contributed by atoms with Crippen LogP contribution in [0.15, 0.2) is 31.0 Å². The van der Waals surface area contributed by atoms with Gasteiger partial charge in [-0.3, -0.25) is 5.10 Å². The highest BCUT2D eigenvalue weighted by atomic mass is 15.4. The molecule has 0 spiro atoms. The standard InChI is InChI=1S/C16H23N7/c1-5-12(9-22-7-6-17-11-22)23-10-14(19-21-23)13-8-15(20-18-13)16(2,3)4/h6-8,10-12H,5,9H2,1-4H3,(H,18,20). The number of aromatic nitrogens is 7. The fourth-order valence-corrected chi connectivity index (χ4v) is 2.45. The van der Waals surface area contributed by atoms with Crippen molar-refractivity contribution in [1.29, 1.82) is 0 Å². The summed E-state index contributed by atoms with van der Waals surface area (Å²) in [6.07, 6.45) is 8.51. The maximum absolute atomic E-state index is 4.37. The van der Waals surface area contributed by atoms with Crippen LogP contribution in [0, 0.1) is 0 Å². The number of hydrogen-bond acceptors (Lipinski definition) is 4. The van der Waals surface area contributed by atoms with E-state index in [-0.39, 0.29) is 11.5 Å². The molecule has 1 unspecified atom stereocenters. The Kier molecular flexibility index (Phi) is 4.02. The molecule has 23 heavy (non-hydrogen) atoms. The molecule has 1 atom stereocenters. The summed E-state index contributed by atoms with van der Waals surface area (Å²) < 4.78 is 3.97. The molecule has 3 rings (SSSR count). The molecule has 0 bridgehead atoms. The summed E-state index contributed by atoms with van der Waals surface area (Å²) in [5.41, 5.74) is 2.75. The first kappa shape index (κ1) is 15.5. The molecule has 0 fully saturated rings. The maximum atomic E-state index is 4.37. The summed E-state index contributed by atoms with van der Waals surface area (Å²) in [5, 5.41) is 16.0. The van der Waals surface area contributed by atoms with Gasteiger partial charge < -0.3 is 4.57 Å². The van der Waals surface area contributed by atoms with Crippen molar-refractivity contribution in [2.75, 3.05) is 0 Å². The van der Waals surface area contributed by atoms with E-state index in [0.29, 0.717) is 0 Å². The van der Waals surface area contributed by atoms with Gasteiger partial charge in [0.2, 0.25) is 0 Å². The molecule has 0 radical (unpaired) electrons.